The van der Waals surface area contributed by atoms with Crippen LogP contribution in [0.25, 0.3) is 0 Å². The van der Waals surface area contributed by atoms with Crippen LogP contribution < -0.4 is 14.2 Å². The van der Waals surface area contributed by atoms with Crippen LogP contribution in [-0.4, -0.2) is 21.6 Å². The summed E-state index contributed by atoms with van der Waals surface area (Å²) in [5.74, 6) is 1.10. The van der Waals surface area contributed by atoms with Crippen molar-refractivity contribution >= 4 is 10.0 Å². The fraction of sp³-hybridized carbons (Fsp3) is 0.294. The SMILES string of the molecule is C[C@@H](NS(=O)(=O)c1ccc(C(F)(F)F)cc1)c1ccc2c(c1)OCCO2. The predicted octanol–water partition coefficient (Wildman–Crippen LogP) is 3.52. The van der Waals surface area contributed by atoms with Crippen molar-refractivity contribution in [2.45, 2.75) is 24.0 Å². The molecule has 0 aromatic heterocycles. The van der Waals surface area contributed by atoms with Gasteiger partial charge in [0.05, 0.1) is 10.5 Å². The molecule has 0 unspecified atom stereocenters. The highest BCUT2D eigenvalue weighted by atomic mass is 32.2. The maximum Gasteiger partial charge on any atom is 0.416 e. The van der Waals surface area contributed by atoms with E-state index in [1.54, 1.807) is 25.1 Å². The van der Waals surface area contributed by atoms with Crippen molar-refractivity contribution < 1.29 is 31.1 Å². The molecule has 3 rings (SSSR count). The van der Waals surface area contributed by atoms with Gasteiger partial charge in [0.1, 0.15) is 13.2 Å². The molecule has 0 saturated carbocycles. The summed E-state index contributed by atoms with van der Waals surface area (Å²) >= 11 is 0. The molecule has 0 amide bonds. The summed E-state index contributed by atoms with van der Waals surface area (Å²) in [7, 11) is -3.98. The quantitative estimate of drug-likeness (QED) is 0.872. The molecule has 0 bridgehead atoms. The Bertz CT molecular complexity index is 895. The molecular formula is C17H16F3NO4S. The van der Waals surface area contributed by atoms with Crippen molar-refractivity contribution in [1.82, 2.24) is 4.72 Å². The average Bonchev–Trinajstić information content (AvgIpc) is 2.60. The highest BCUT2D eigenvalue weighted by Gasteiger charge is 2.31. The molecular weight excluding hydrogens is 371 g/mol. The minimum Gasteiger partial charge on any atom is -0.486 e. The molecule has 5 nitrogen and oxygen atoms in total. The Balaban J connectivity index is 1.78. The van der Waals surface area contributed by atoms with Gasteiger partial charge in [0.15, 0.2) is 11.5 Å². The number of fused-ring (bicyclic) bond motifs is 1. The van der Waals surface area contributed by atoms with Crippen LogP contribution in [0.4, 0.5) is 13.2 Å². The van der Waals surface area contributed by atoms with E-state index in [0.29, 0.717) is 30.3 Å². The molecule has 9 heteroatoms. The Kier molecular flexibility index (Phi) is 4.85. The van der Waals surface area contributed by atoms with Gasteiger partial charge >= 0.3 is 6.18 Å². The molecule has 0 aliphatic carbocycles. The fourth-order valence-electron chi connectivity index (χ4n) is 2.52. The van der Waals surface area contributed by atoms with Crippen molar-refractivity contribution in [3.05, 3.63) is 53.6 Å². The van der Waals surface area contributed by atoms with Gasteiger partial charge in [0.2, 0.25) is 10.0 Å². The summed E-state index contributed by atoms with van der Waals surface area (Å²) < 4.78 is 76.0. The molecule has 2 aromatic carbocycles. The van der Waals surface area contributed by atoms with Crippen LogP contribution in [0.15, 0.2) is 47.4 Å². The number of benzene rings is 2. The van der Waals surface area contributed by atoms with Crippen molar-refractivity contribution in [1.29, 1.82) is 0 Å². The fourth-order valence-corrected chi connectivity index (χ4v) is 3.75. The lowest BCUT2D eigenvalue weighted by atomic mass is 10.1. The number of ether oxygens (including phenoxy) is 2. The second kappa shape index (κ2) is 6.81. The first-order valence-electron chi connectivity index (χ1n) is 7.76. The van der Waals surface area contributed by atoms with E-state index >= 15 is 0 Å². The Morgan fingerprint density at radius 2 is 1.62 bits per heavy atom. The Morgan fingerprint density at radius 3 is 2.23 bits per heavy atom. The summed E-state index contributed by atoms with van der Waals surface area (Å²) in [5.41, 5.74) is -0.263. The lowest BCUT2D eigenvalue weighted by Gasteiger charge is -2.21. The van der Waals surface area contributed by atoms with Crippen molar-refractivity contribution in [3.8, 4) is 11.5 Å². The second-order valence-electron chi connectivity index (χ2n) is 5.77. The number of rotatable bonds is 4. The van der Waals surface area contributed by atoms with Gasteiger partial charge in [-0.15, -0.1) is 0 Å². The van der Waals surface area contributed by atoms with E-state index in [4.69, 9.17) is 9.47 Å². The minimum atomic E-state index is -4.52. The zero-order chi connectivity index (χ0) is 18.9. The van der Waals surface area contributed by atoms with Crippen LogP contribution in [0.2, 0.25) is 0 Å². The van der Waals surface area contributed by atoms with Crippen LogP contribution >= 0.6 is 0 Å². The van der Waals surface area contributed by atoms with Gasteiger partial charge in [0.25, 0.3) is 0 Å². The first-order chi connectivity index (χ1) is 12.2. The molecule has 0 fully saturated rings. The van der Waals surface area contributed by atoms with Crippen LogP contribution in [0.1, 0.15) is 24.1 Å². The van der Waals surface area contributed by atoms with Crippen LogP contribution in [0, 0.1) is 0 Å². The smallest absolute Gasteiger partial charge is 0.416 e. The zero-order valence-corrected chi connectivity index (χ0v) is 14.5. The van der Waals surface area contributed by atoms with E-state index in [0.717, 1.165) is 24.3 Å². The number of halogens is 3. The van der Waals surface area contributed by atoms with Crippen LogP contribution in [0.5, 0.6) is 11.5 Å². The zero-order valence-electron chi connectivity index (χ0n) is 13.7. The summed E-state index contributed by atoms with van der Waals surface area (Å²) in [6.07, 6.45) is -4.52. The summed E-state index contributed by atoms with van der Waals surface area (Å²) in [5, 5.41) is 0. The standard InChI is InChI=1S/C17H16F3NO4S/c1-11(12-2-7-15-16(10-12)25-9-8-24-15)21-26(22,23)14-5-3-13(4-6-14)17(18,19)20/h2-7,10-11,21H,8-9H2,1H3/t11-/m1/s1. The molecule has 1 heterocycles. The Labute approximate surface area is 148 Å². The third-order valence-corrected chi connectivity index (χ3v) is 5.45. The third kappa shape index (κ3) is 3.94. The van der Waals surface area contributed by atoms with E-state index < -0.39 is 27.8 Å². The van der Waals surface area contributed by atoms with E-state index in [1.807, 2.05) is 0 Å². The Morgan fingerprint density at radius 1 is 1.00 bits per heavy atom. The maximum atomic E-state index is 12.6. The average molecular weight is 387 g/mol. The van der Waals surface area contributed by atoms with Gasteiger partial charge in [-0.25, -0.2) is 13.1 Å². The molecule has 1 N–H and O–H groups in total. The van der Waals surface area contributed by atoms with E-state index in [1.165, 1.54) is 0 Å². The molecule has 1 aliphatic rings. The van der Waals surface area contributed by atoms with Gasteiger partial charge in [0, 0.05) is 6.04 Å². The van der Waals surface area contributed by atoms with Crippen molar-refractivity contribution in [3.63, 3.8) is 0 Å². The Hall–Kier alpha value is -2.26. The molecule has 0 radical (unpaired) electrons. The number of nitrogens with one attached hydrogen (secondary N) is 1. The molecule has 1 atom stereocenters. The summed E-state index contributed by atoms with van der Waals surface area (Å²) in [4.78, 5) is -0.241. The van der Waals surface area contributed by atoms with E-state index in [9.17, 15) is 21.6 Å². The highest BCUT2D eigenvalue weighted by molar-refractivity contribution is 7.89. The first-order valence-corrected chi connectivity index (χ1v) is 9.24. The summed E-state index contributed by atoms with van der Waals surface area (Å²) in [6.45, 7) is 2.48. The van der Waals surface area contributed by atoms with Crippen LogP contribution in [-0.2, 0) is 16.2 Å². The van der Waals surface area contributed by atoms with Gasteiger partial charge < -0.3 is 9.47 Å². The molecule has 0 spiro atoms. The number of alkyl halides is 3. The van der Waals surface area contributed by atoms with Gasteiger partial charge in [-0.05, 0) is 48.9 Å². The highest BCUT2D eigenvalue weighted by Crippen LogP contribution is 2.33. The third-order valence-electron chi connectivity index (χ3n) is 3.89. The van der Waals surface area contributed by atoms with Crippen molar-refractivity contribution in [2.75, 3.05) is 13.2 Å². The van der Waals surface area contributed by atoms with E-state index in [2.05, 4.69) is 4.72 Å². The van der Waals surface area contributed by atoms with Gasteiger partial charge in [-0.2, -0.15) is 13.2 Å². The monoisotopic (exact) mass is 387 g/mol. The summed E-state index contributed by atoms with van der Waals surface area (Å²) in [6, 6.07) is 7.79. The molecule has 2 aromatic rings. The topological polar surface area (TPSA) is 64.6 Å². The van der Waals surface area contributed by atoms with Gasteiger partial charge in [-0.1, -0.05) is 6.07 Å². The minimum absolute atomic E-state index is 0.241. The lowest BCUT2D eigenvalue weighted by molar-refractivity contribution is -0.137. The maximum absolute atomic E-state index is 12.6. The number of sulfonamides is 1. The first kappa shape index (κ1) is 18.5. The second-order valence-corrected chi connectivity index (χ2v) is 7.48. The molecule has 1 aliphatic heterocycles. The van der Waals surface area contributed by atoms with E-state index in [-0.39, 0.29) is 4.90 Å². The van der Waals surface area contributed by atoms with Crippen molar-refractivity contribution in [2.24, 2.45) is 0 Å². The van der Waals surface area contributed by atoms with Gasteiger partial charge in [-0.3, -0.25) is 0 Å². The molecule has 26 heavy (non-hydrogen) atoms. The largest absolute Gasteiger partial charge is 0.486 e. The molecule has 140 valence electrons. The number of hydrogen-bond donors (Lipinski definition) is 1. The van der Waals surface area contributed by atoms with Crippen LogP contribution in [0.3, 0.4) is 0 Å². The lowest BCUT2D eigenvalue weighted by Crippen LogP contribution is -2.27. The molecule has 0 saturated heterocycles. The predicted molar refractivity (Wildman–Crippen MR) is 87.6 cm³/mol. The number of hydrogen-bond acceptors (Lipinski definition) is 4. The normalized spacial score (nSPS) is 15.5.